The highest BCUT2D eigenvalue weighted by Gasteiger charge is 2.05. The number of aromatic nitrogens is 2. The van der Waals surface area contributed by atoms with Gasteiger partial charge in [-0.3, -0.25) is 14.0 Å². The number of hydrogen-bond acceptors (Lipinski definition) is 3. The van der Waals surface area contributed by atoms with Crippen LogP contribution in [0.4, 0.5) is 0 Å². The second-order valence-electron chi connectivity index (χ2n) is 3.40. The van der Waals surface area contributed by atoms with Gasteiger partial charge in [0.2, 0.25) is 0 Å². The highest BCUT2D eigenvalue weighted by Crippen LogP contribution is 2.01. The fraction of sp³-hybridized carbons (Fsp3) is 0.556. The van der Waals surface area contributed by atoms with E-state index >= 15 is 0 Å². The number of H-pyrrole nitrogens is 1. The fourth-order valence-corrected chi connectivity index (χ4v) is 1.80. The van der Waals surface area contributed by atoms with E-state index in [9.17, 15) is 9.00 Å². The minimum atomic E-state index is -0.814. The van der Waals surface area contributed by atoms with Gasteiger partial charge in [0.05, 0.1) is 0 Å². The van der Waals surface area contributed by atoms with E-state index in [1.54, 1.807) is 17.0 Å². The SMILES string of the molecule is CC(CCn1ccc(=O)[nH]c1=S)S(C)=O. The second kappa shape index (κ2) is 5.37. The molecule has 0 aliphatic carbocycles. The molecule has 15 heavy (non-hydrogen) atoms. The molecular formula is C9H14N2O2S2. The van der Waals surface area contributed by atoms with E-state index in [1.165, 1.54) is 6.07 Å². The summed E-state index contributed by atoms with van der Waals surface area (Å²) in [6.45, 7) is 2.61. The zero-order valence-corrected chi connectivity index (χ0v) is 10.4. The van der Waals surface area contributed by atoms with Crippen LogP contribution < -0.4 is 5.56 Å². The molecule has 1 N–H and O–H groups in total. The maximum absolute atomic E-state index is 11.1. The van der Waals surface area contributed by atoms with E-state index in [4.69, 9.17) is 12.2 Å². The maximum Gasteiger partial charge on any atom is 0.251 e. The average molecular weight is 246 g/mol. The number of hydrogen-bond donors (Lipinski definition) is 1. The summed E-state index contributed by atoms with van der Waals surface area (Å²) in [5.74, 6) is 0. The Balaban J connectivity index is 2.70. The monoisotopic (exact) mass is 246 g/mol. The standard InChI is InChI=1S/C9H14N2O2S2/c1-7(15(2)13)3-5-11-6-4-8(12)10-9(11)14/h4,6-7H,3,5H2,1-2H3,(H,10,12,14). The Kier molecular flexibility index (Phi) is 4.41. The molecule has 0 aliphatic rings. The Morgan fingerprint density at radius 3 is 2.87 bits per heavy atom. The highest BCUT2D eigenvalue weighted by molar-refractivity contribution is 7.84. The van der Waals surface area contributed by atoms with Gasteiger partial charge < -0.3 is 4.57 Å². The first-order chi connectivity index (χ1) is 7.00. The van der Waals surface area contributed by atoms with Crippen molar-refractivity contribution in [1.29, 1.82) is 0 Å². The van der Waals surface area contributed by atoms with E-state index in [2.05, 4.69) is 4.98 Å². The molecule has 0 fully saturated rings. The summed E-state index contributed by atoms with van der Waals surface area (Å²) in [5.41, 5.74) is -0.191. The van der Waals surface area contributed by atoms with Crippen LogP contribution in [0.3, 0.4) is 0 Å². The summed E-state index contributed by atoms with van der Waals surface area (Å²) >= 11 is 4.99. The molecule has 1 aromatic rings. The lowest BCUT2D eigenvalue weighted by molar-refractivity contribution is 0.602. The van der Waals surface area contributed by atoms with Gasteiger partial charge in [-0.25, -0.2) is 0 Å². The van der Waals surface area contributed by atoms with Crippen molar-refractivity contribution in [2.45, 2.75) is 25.1 Å². The summed E-state index contributed by atoms with van der Waals surface area (Å²) in [6.07, 6.45) is 4.13. The lowest BCUT2D eigenvalue weighted by Crippen LogP contribution is -2.16. The molecule has 2 unspecified atom stereocenters. The molecule has 6 heteroatoms. The third-order valence-corrected chi connectivity index (χ3v) is 3.95. The third kappa shape index (κ3) is 3.71. The van der Waals surface area contributed by atoms with E-state index in [1.807, 2.05) is 6.92 Å². The average Bonchev–Trinajstić information content (AvgIpc) is 2.15. The molecule has 0 aliphatic heterocycles. The third-order valence-electron chi connectivity index (χ3n) is 2.24. The summed E-state index contributed by atoms with van der Waals surface area (Å²) in [7, 11) is -0.814. The molecule has 1 aromatic heterocycles. The smallest absolute Gasteiger partial charge is 0.251 e. The molecule has 0 spiro atoms. The number of nitrogens with zero attached hydrogens (tertiary/aromatic N) is 1. The molecule has 0 amide bonds. The predicted molar refractivity (Wildman–Crippen MR) is 64.0 cm³/mol. The number of nitrogens with one attached hydrogen (secondary N) is 1. The van der Waals surface area contributed by atoms with Gasteiger partial charge >= 0.3 is 0 Å². The van der Waals surface area contributed by atoms with Crippen molar-refractivity contribution in [1.82, 2.24) is 9.55 Å². The van der Waals surface area contributed by atoms with Crippen molar-refractivity contribution < 1.29 is 4.21 Å². The van der Waals surface area contributed by atoms with Crippen LogP contribution in [0.25, 0.3) is 0 Å². The Labute approximate surface area is 95.8 Å². The van der Waals surface area contributed by atoms with Crippen LogP contribution in [0, 0.1) is 4.77 Å². The van der Waals surface area contributed by atoms with E-state index in [-0.39, 0.29) is 10.8 Å². The maximum atomic E-state index is 11.1. The van der Waals surface area contributed by atoms with Crippen molar-refractivity contribution in [3.8, 4) is 0 Å². The van der Waals surface area contributed by atoms with Crippen LogP contribution in [0.15, 0.2) is 17.1 Å². The first-order valence-corrected chi connectivity index (χ1v) is 6.65. The molecule has 0 aromatic carbocycles. The second-order valence-corrected chi connectivity index (χ2v) is 5.59. The molecule has 1 heterocycles. The topological polar surface area (TPSA) is 54.9 Å². The van der Waals surface area contributed by atoms with Crippen LogP contribution in [0.2, 0.25) is 0 Å². The van der Waals surface area contributed by atoms with Crippen LogP contribution in [-0.4, -0.2) is 25.3 Å². The Bertz CT molecular complexity index is 464. The number of aromatic amines is 1. The minimum absolute atomic E-state index is 0.138. The van der Waals surface area contributed by atoms with Crippen molar-refractivity contribution in [2.24, 2.45) is 0 Å². The molecule has 2 atom stereocenters. The summed E-state index contributed by atoms with van der Waals surface area (Å²) < 4.78 is 13.3. The molecule has 0 saturated heterocycles. The Hall–Kier alpha value is -0.750. The lowest BCUT2D eigenvalue weighted by atomic mass is 10.3. The minimum Gasteiger partial charge on any atom is -0.325 e. The largest absolute Gasteiger partial charge is 0.325 e. The lowest BCUT2D eigenvalue weighted by Gasteiger charge is -2.09. The fourth-order valence-electron chi connectivity index (χ4n) is 1.11. The van der Waals surface area contributed by atoms with Crippen molar-refractivity contribution in [2.75, 3.05) is 6.26 Å². The Morgan fingerprint density at radius 2 is 2.33 bits per heavy atom. The quantitative estimate of drug-likeness (QED) is 0.808. The van der Waals surface area contributed by atoms with Crippen molar-refractivity contribution >= 4 is 23.0 Å². The Morgan fingerprint density at radius 1 is 1.67 bits per heavy atom. The van der Waals surface area contributed by atoms with Crippen LogP contribution in [0.5, 0.6) is 0 Å². The normalized spacial score (nSPS) is 14.8. The number of aryl methyl sites for hydroxylation is 1. The van der Waals surface area contributed by atoms with Crippen LogP contribution in [-0.2, 0) is 17.3 Å². The van der Waals surface area contributed by atoms with Gasteiger partial charge in [0.15, 0.2) is 4.77 Å². The van der Waals surface area contributed by atoms with Gasteiger partial charge in [0.25, 0.3) is 5.56 Å². The van der Waals surface area contributed by atoms with E-state index < -0.39 is 10.8 Å². The molecule has 4 nitrogen and oxygen atoms in total. The molecular weight excluding hydrogens is 232 g/mol. The molecule has 0 bridgehead atoms. The van der Waals surface area contributed by atoms with Crippen LogP contribution >= 0.6 is 12.2 Å². The van der Waals surface area contributed by atoms with Gasteiger partial charge in [-0.15, -0.1) is 0 Å². The zero-order chi connectivity index (χ0) is 11.4. The zero-order valence-electron chi connectivity index (χ0n) is 8.73. The summed E-state index contributed by atoms with van der Waals surface area (Å²) in [5, 5.41) is 0.138. The molecule has 0 saturated carbocycles. The highest BCUT2D eigenvalue weighted by atomic mass is 32.2. The van der Waals surface area contributed by atoms with Crippen LogP contribution in [0.1, 0.15) is 13.3 Å². The predicted octanol–water partition coefficient (Wildman–Crippen LogP) is 1.06. The van der Waals surface area contributed by atoms with Gasteiger partial charge in [-0.1, -0.05) is 6.92 Å². The van der Waals surface area contributed by atoms with Gasteiger partial charge in [-0.05, 0) is 18.6 Å². The molecule has 84 valence electrons. The van der Waals surface area contributed by atoms with E-state index in [0.29, 0.717) is 11.3 Å². The van der Waals surface area contributed by atoms with Gasteiger partial charge in [0.1, 0.15) is 0 Å². The first kappa shape index (κ1) is 12.3. The molecule has 1 rings (SSSR count). The van der Waals surface area contributed by atoms with Crippen molar-refractivity contribution in [3.63, 3.8) is 0 Å². The summed E-state index contributed by atoms with van der Waals surface area (Å²) in [4.78, 5) is 13.4. The van der Waals surface area contributed by atoms with Crippen molar-refractivity contribution in [3.05, 3.63) is 27.4 Å². The van der Waals surface area contributed by atoms with Gasteiger partial charge in [-0.2, -0.15) is 0 Å². The first-order valence-electron chi connectivity index (χ1n) is 4.62. The van der Waals surface area contributed by atoms with Gasteiger partial charge in [0, 0.05) is 41.1 Å². The van der Waals surface area contributed by atoms with E-state index in [0.717, 1.165) is 6.42 Å². The molecule has 0 radical (unpaired) electrons. The number of rotatable bonds is 4. The summed E-state index contributed by atoms with van der Waals surface area (Å²) in [6, 6.07) is 1.43.